The van der Waals surface area contributed by atoms with Crippen molar-refractivity contribution in [3.8, 4) is 0 Å². The number of nitrogens with zero attached hydrogens (tertiary/aromatic N) is 3. The van der Waals surface area contributed by atoms with E-state index in [0.29, 0.717) is 12.2 Å². The minimum absolute atomic E-state index is 0.0310. The fourth-order valence-electron chi connectivity index (χ4n) is 1.37. The molecule has 0 saturated heterocycles. The first-order valence-electron chi connectivity index (χ1n) is 4.96. The number of aryl methyl sites for hydroxylation is 1. The lowest BCUT2D eigenvalue weighted by molar-refractivity contribution is 0.0660. The highest BCUT2D eigenvalue weighted by Gasteiger charge is 2.19. The molecule has 84 valence electrons. The molecule has 0 spiro atoms. The zero-order valence-corrected chi connectivity index (χ0v) is 9.34. The second-order valence-electron chi connectivity index (χ2n) is 3.74. The van der Waals surface area contributed by atoms with Crippen molar-refractivity contribution in [2.24, 2.45) is 7.05 Å². The van der Waals surface area contributed by atoms with Crippen LogP contribution in [0.1, 0.15) is 24.3 Å². The minimum atomic E-state index is -0.139. The van der Waals surface area contributed by atoms with Crippen LogP contribution in [0.5, 0.6) is 0 Å². The molecule has 0 aliphatic heterocycles. The van der Waals surface area contributed by atoms with Gasteiger partial charge in [-0.2, -0.15) is 0 Å². The van der Waals surface area contributed by atoms with Crippen molar-refractivity contribution in [2.45, 2.75) is 19.9 Å². The summed E-state index contributed by atoms with van der Waals surface area (Å²) in [5.41, 5.74) is 0.416. The Balaban J connectivity index is 2.80. The summed E-state index contributed by atoms with van der Waals surface area (Å²) < 4.78 is 1.73. The Morgan fingerprint density at radius 1 is 1.67 bits per heavy atom. The molecule has 5 nitrogen and oxygen atoms in total. The van der Waals surface area contributed by atoms with E-state index >= 15 is 0 Å². The summed E-state index contributed by atoms with van der Waals surface area (Å²) in [4.78, 5) is 17.5. The molecular weight excluding hydrogens is 194 g/mol. The van der Waals surface area contributed by atoms with Gasteiger partial charge in [0.25, 0.3) is 5.91 Å². The highest BCUT2D eigenvalue weighted by Crippen LogP contribution is 2.05. The maximum Gasteiger partial charge on any atom is 0.274 e. The lowest BCUT2D eigenvalue weighted by Crippen LogP contribution is -2.39. The molecule has 0 saturated carbocycles. The van der Waals surface area contributed by atoms with Gasteiger partial charge in [-0.15, -0.1) is 0 Å². The van der Waals surface area contributed by atoms with Gasteiger partial charge in [-0.05, 0) is 13.8 Å². The van der Waals surface area contributed by atoms with Crippen molar-refractivity contribution >= 4 is 5.91 Å². The maximum atomic E-state index is 11.9. The molecule has 0 aromatic carbocycles. The molecular formula is C10H17N3O2. The summed E-state index contributed by atoms with van der Waals surface area (Å²) in [6.07, 6.45) is 3.26. The van der Waals surface area contributed by atoms with Gasteiger partial charge in [0.1, 0.15) is 5.69 Å². The molecule has 1 aromatic rings. The number of aliphatic hydroxyl groups is 1. The molecule has 1 N–H and O–H groups in total. The van der Waals surface area contributed by atoms with Gasteiger partial charge >= 0.3 is 0 Å². The first kappa shape index (κ1) is 11.7. The maximum absolute atomic E-state index is 11.9. The molecule has 0 unspecified atom stereocenters. The number of aliphatic hydroxyl groups excluding tert-OH is 1. The third-order valence-corrected chi connectivity index (χ3v) is 2.15. The number of hydrogen-bond acceptors (Lipinski definition) is 3. The second-order valence-corrected chi connectivity index (χ2v) is 3.74. The highest BCUT2D eigenvalue weighted by atomic mass is 16.3. The molecule has 0 bridgehead atoms. The van der Waals surface area contributed by atoms with Crippen LogP contribution in [0.4, 0.5) is 0 Å². The van der Waals surface area contributed by atoms with E-state index < -0.39 is 0 Å². The molecule has 0 radical (unpaired) electrons. The standard InChI is InChI=1S/C10H17N3O2/c1-8(2)13(4-5-14)10(15)9-6-12(3)7-11-9/h6-8,14H,4-5H2,1-3H3. The number of hydrogen-bond donors (Lipinski definition) is 1. The average Bonchev–Trinajstić information content (AvgIpc) is 2.59. The van der Waals surface area contributed by atoms with Gasteiger partial charge in [0.15, 0.2) is 0 Å². The lowest BCUT2D eigenvalue weighted by atomic mass is 10.3. The Morgan fingerprint density at radius 2 is 2.33 bits per heavy atom. The third-order valence-electron chi connectivity index (χ3n) is 2.15. The normalized spacial score (nSPS) is 10.7. The minimum Gasteiger partial charge on any atom is -0.395 e. The Hall–Kier alpha value is -1.36. The van der Waals surface area contributed by atoms with Gasteiger partial charge in [-0.3, -0.25) is 4.79 Å². The molecule has 1 aromatic heterocycles. The predicted octanol–water partition coefficient (Wildman–Crippen LogP) is 0.263. The summed E-state index contributed by atoms with van der Waals surface area (Å²) in [7, 11) is 1.82. The van der Waals surface area contributed by atoms with Gasteiger partial charge in [0, 0.05) is 25.8 Å². The molecule has 0 fully saturated rings. The highest BCUT2D eigenvalue weighted by molar-refractivity contribution is 5.92. The summed E-state index contributed by atoms with van der Waals surface area (Å²) in [5, 5.41) is 8.87. The number of amides is 1. The Morgan fingerprint density at radius 3 is 2.73 bits per heavy atom. The SMILES string of the molecule is CC(C)N(CCO)C(=O)c1cn(C)cn1. The van der Waals surface area contributed by atoms with E-state index in [0.717, 1.165) is 0 Å². The van der Waals surface area contributed by atoms with Crippen LogP contribution >= 0.6 is 0 Å². The summed E-state index contributed by atoms with van der Waals surface area (Å²) in [6, 6.07) is 0.0617. The van der Waals surface area contributed by atoms with Gasteiger partial charge in [-0.25, -0.2) is 4.98 Å². The van der Waals surface area contributed by atoms with Crippen molar-refractivity contribution in [3.63, 3.8) is 0 Å². The largest absolute Gasteiger partial charge is 0.395 e. The quantitative estimate of drug-likeness (QED) is 0.777. The van der Waals surface area contributed by atoms with E-state index in [4.69, 9.17) is 5.11 Å². The molecule has 5 heteroatoms. The molecule has 15 heavy (non-hydrogen) atoms. The Labute approximate surface area is 89.3 Å². The zero-order chi connectivity index (χ0) is 11.4. The van der Waals surface area contributed by atoms with Crippen LogP contribution in [0.15, 0.2) is 12.5 Å². The molecule has 1 rings (SSSR count). The van der Waals surface area contributed by atoms with Crippen LogP contribution in [0.3, 0.4) is 0 Å². The summed E-state index contributed by atoms with van der Waals surface area (Å²) in [6.45, 7) is 4.14. The van der Waals surface area contributed by atoms with Crippen LogP contribution in [0.25, 0.3) is 0 Å². The summed E-state index contributed by atoms with van der Waals surface area (Å²) >= 11 is 0. The lowest BCUT2D eigenvalue weighted by Gasteiger charge is -2.24. The zero-order valence-electron chi connectivity index (χ0n) is 9.34. The molecule has 1 amide bonds. The van der Waals surface area contributed by atoms with Gasteiger partial charge in [-0.1, -0.05) is 0 Å². The smallest absolute Gasteiger partial charge is 0.274 e. The fourth-order valence-corrected chi connectivity index (χ4v) is 1.37. The molecule has 0 aliphatic rings. The van der Waals surface area contributed by atoms with Crippen LogP contribution in [0, 0.1) is 0 Å². The first-order chi connectivity index (χ1) is 7.06. The van der Waals surface area contributed by atoms with Crippen molar-refractivity contribution in [2.75, 3.05) is 13.2 Å². The molecule has 0 atom stereocenters. The van der Waals surface area contributed by atoms with E-state index in [-0.39, 0.29) is 18.6 Å². The van der Waals surface area contributed by atoms with E-state index in [1.54, 1.807) is 22.0 Å². The van der Waals surface area contributed by atoms with E-state index in [1.807, 2.05) is 20.9 Å². The van der Waals surface area contributed by atoms with E-state index in [9.17, 15) is 4.79 Å². The number of aromatic nitrogens is 2. The molecule has 0 aliphatic carbocycles. The first-order valence-corrected chi connectivity index (χ1v) is 4.96. The van der Waals surface area contributed by atoms with Crippen molar-refractivity contribution in [3.05, 3.63) is 18.2 Å². The van der Waals surface area contributed by atoms with Crippen molar-refractivity contribution in [1.82, 2.24) is 14.5 Å². The average molecular weight is 211 g/mol. The summed E-state index contributed by atoms with van der Waals surface area (Å²) in [5.74, 6) is -0.139. The Kier molecular flexibility index (Phi) is 3.85. The number of imidazole rings is 1. The van der Waals surface area contributed by atoms with Crippen molar-refractivity contribution in [1.29, 1.82) is 0 Å². The third kappa shape index (κ3) is 2.79. The second kappa shape index (κ2) is 4.93. The van der Waals surface area contributed by atoms with Crippen LogP contribution in [-0.2, 0) is 7.05 Å². The van der Waals surface area contributed by atoms with Crippen molar-refractivity contribution < 1.29 is 9.90 Å². The Bertz CT molecular complexity index is 333. The van der Waals surface area contributed by atoms with Gasteiger partial charge < -0.3 is 14.6 Å². The number of rotatable bonds is 4. The van der Waals surface area contributed by atoms with Gasteiger partial charge in [0.2, 0.25) is 0 Å². The van der Waals surface area contributed by atoms with Crippen LogP contribution in [0.2, 0.25) is 0 Å². The van der Waals surface area contributed by atoms with Crippen LogP contribution in [-0.4, -0.2) is 44.7 Å². The van der Waals surface area contributed by atoms with Crippen LogP contribution < -0.4 is 0 Å². The van der Waals surface area contributed by atoms with E-state index in [2.05, 4.69) is 4.98 Å². The number of carbonyl (C=O) groups excluding carboxylic acids is 1. The van der Waals surface area contributed by atoms with E-state index in [1.165, 1.54) is 0 Å². The fraction of sp³-hybridized carbons (Fsp3) is 0.600. The molecule has 1 heterocycles. The monoisotopic (exact) mass is 211 g/mol. The topological polar surface area (TPSA) is 58.4 Å². The predicted molar refractivity (Wildman–Crippen MR) is 56.5 cm³/mol. The van der Waals surface area contributed by atoms with Gasteiger partial charge in [0.05, 0.1) is 12.9 Å². The number of carbonyl (C=O) groups is 1.